The predicted octanol–water partition coefficient (Wildman–Crippen LogP) is 3.83. The van der Waals surface area contributed by atoms with E-state index < -0.39 is 77.1 Å². The Kier molecular flexibility index (Phi) is 11.6. The SMILES string of the molecule is CC(C)(C)OC(=O)CC[C@@H](CO)NC(=O)CCNC(=O)[C@@]12C[C@H]3OC(=O)[C@@H]1N(Cc1cccc(C=CCc4ccccc4O)c1)O[C@@H]2[C@H]1OC2(Cc4ccccc4C2)O[C@H]13. The Hall–Kier alpha value is -5.12. The van der Waals surface area contributed by atoms with Crippen molar-refractivity contribution in [2.75, 3.05) is 13.2 Å². The van der Waals surface area contributed by atoms with Gasteiger partial charge in [0.2, 0.25) is 11.8 Å². The number of fused-ring (bicyclic) bond motifs is 5. The molecule has 2 amide bonds. The van der Waals surface area contributed by atoms with Crippen molar-refractivity contribution < 1.29 is 53.2 Å². The van der Waals surface area contributed by atoms with Gasteiger partial charge >= 0.3 is 11.9 Å². The number of phenols is 1. The smallest absolute Gasteiger partial charge is 0.327 e. The Morgan fingerprint density at radius 3 is 2.45 bits per heavy atom. The molecule has 60 heavy (non-hydrogen) atoms. The minimum absolute atomic E-state index is 0.0144. The number of nitrogens with zero attached hydrogens (tertiary/aromatic N) is 1. The summed E-state index contributed by atoms with van der Waals surface area (Å²) in [6, 6.07) is 21.2. The normalized spacial score (nSPS) is 26.7. The third kappa shape index (κ3) is 8.44. The van der Waals surface area contributed by atoms with E-state index >= 15 is 0 Å². The molecule has 1 spiro atoms. The number of hydrogen-bond donors (Lipinski definition) is 4. The van der Waals surface area contributed by atoms with Crippen molar-refractivity contribution in [1.29, 1.82) is 0 Å². The second-order valence-corrected chi connectivity index (χ2v) is 17.5. The third-order valence-electron chi connectivity index (χ3n) is 12.0. The van der Waals surface area contributed by atoms with E-state index in [-0.39, 0.29) is 51.1 Å². The van der Waals surface area contributed by atoms with Crippen molar-refractivity contribution in [1.82, 2.24) is 15.7 Å². The summed E-state index contributed by atoms with van der Waals surface area (Å²) in [5, 5.41) is 27.3. The quantitative estimate of drug-likeness (QED) is 0.173. The van der Waals surface area contributed by atoms with Crippen molar-refractivity contribution in [3.05, 3.63) is 107 Å². The Morgan fingerprint density at radius 2 is 1.72 bits per heavy atom. The maximum atomic E-state index is 14.7. The van der Waals surface area contributed by atoms with Gasteiger partial charge in [0.05, 0.1) is 19.2 Å². The molecule has 0 aromatic heterocycles. The molecule has 3 aromatic carbocycles. The molecule has 318 valence electrons. The first-order valence-corrected chi connectivity index (χ1v) is 20.7. The lowest BCUT2D eigenvalue weighted by atomic mass is 9.62. The molecule has 3 aliphatic heterocycles. The Morgan fingerprint density at radius 1 is 0.983 bits per heavy atom. The highest BCUT2D eigenvalue weighted by molar-refractivity contribution is 5.94. The standard InChI is InChI=1S/C46H53N3O11/c1-44(2,3)57-37(53)19-18-33(27-50)48-36(52)20-21-47-43(55)46-25-35-38-39(59-45(58-38)23-31-14-4-5-15-32(31)24-45)41(46)60-49(40(46)42(54)56-35)26-29-12-8-10-28(22-29)11-9-16-30-13-6-7-17-34(30)51/h4-15,17,22,33,35,38-41,50-51H,16,18-21,23-27H2,1-3H3,(H,47,55)(H,48,52)/t33-,35+,38-,39-,40-,41+,46-/m0/s1. The lowest BCUT2D eigenvalue weighted by molar-refractivity contribution is -0.217. The van der Waals surface area contributed by atoms with E-state index in [0.29, 0.717) is 19.3 Å². The molecule has 4 N–H and O–H groups in total. The van der Waals surface area contributed by atoms with Gasteiger partial charge in [-0.2, -0.15) is 5.06 Å². The molecule has 0 unspecified atom stereocenters. The van der Waals surface area contributed by atoms with Crippen LogP contribution in [0.5, 0.6) is 5.75 Å². The average Bonchev–Trinajstić information content (AvgIpc) is 3.88. The number of esters is 2. The third-order valence-corrected chi connectivity index (χ3v) is 12.0. The number of ether oxygens (including phenoxy) is 4. The number of hydroxylamine groups is 2. The maximum Gasteiger partial charge on any atom is 0.327 e. The van der Waals surface area contributed by atoms with Gasteiger partial charge in [-0.25, -0.2) is 0 Å². The molecule has 2 aliphatic carbocycles. The Balaban J connectivity index is 0.994. The van der Waals surface area contributed by atoms with Crippen molar-refractivity contribution in [3.63, 3.8) is 0 Å². The number of carbonyl (C=O) groups excluding carboxylic acids is 4. The van der Waals surface area contributed by atoms with Gasteiger partial charge in [0.15, 0.2) is 11.8 Å². The number of amides is 2. The molecule has 0 radical (unpaired) electrons. The van der Waals surface area contributed by atoms with Crippen LogP contribution in [-0.2, 0) is 68.8 Å². The molecule has 14 heteroatoms. The van der Waals surface area contributed by atoms with Crippen molar-refractivity contribution >= 4 is 29.8 Å². The maximum absolute atomic E-state index is 14.7. The van der Waals surface area contributed by atoms with Gasteiger partial charge in [-0.05, 0) is 67.5 Å². The first-order chi connectivity index (χ1) is 28.8. The highest BCUT2D eigenvalue weighted by Gasteiger charge is 2.76. The van der Waals surface area contributed by atoms with Gasteiger partial charge in [0.25, 0.3) is 0 Å². The number of allylic oxidation sites excluding steroid dienone is 1. The zero-order valence-electron chi connectivity index (χ0n) is 34.1. The Labute approximate surface area is 349 Å². The number of rotatable bonds is 14. The fourth-order valence-corrected chi connectivity index (χ4v) is 9.39. The van der Waals surface area contributed by atoms with E-state index in [1.54, 1.807) is 32.9 Å². The fraction of sp³-hybridized carbons (Fsp3) is 0.478. The molecule has 7 atom stereocenters. The van der Waals surface area contributed by atoms with E-state index in [0.717, 1.165) is 27.8 Å². The van der Waals surface area contributed by atoms with E-state index in [2.05, 4.69) is 10.6 Å². The number of aromatic hydroxyl groups is 1. The first-order valence-electron chi connectivity index (χ1n) is 20.7. The number of nitrogens with one attached hydrogen (secondary N) is 2. The van der Waals surface area contributed by atoms with Gasteiger partial charge < -0.3 is 39.8 Å². The summed E-state index contributed by atoms with van der Waals surface area (Å²) < 4.78 is 25.0. The van der Waals surface area contributed by atoms with Crippen LogP contribution in [-0.4, -0.2) is 100 Å². The number of benzene rings is 3. The molecular weight excluding hydrogens is 771 g/mol. The molecule has 14 nitrogen and oxygen atoms in total. The number of aliphatic hydroxyl groups is 1. The molecule has 8 rings (SSSR count). The molecule has 5 aliphatic rings. The minimum atomic E-state index is -1.44. The highest BCUT2D eigenvalue weighted by atomic mass is 16.8. The number of aliphatic hydroxyl groups excluding tert-OH is 1. The van der Waals surface area contributed by atoms with Crippen LogP contribution >= 0.6 is 0 Å². The zero-order valence-corrected chi connectivity index (χ0v) is 34.1. The number of phenolic OH excluding ortho intramolecular Hbond substituents is 1. The van der Waals surface area contributed by atoms with Crippen molar-refractivity contribution in [3.8, 4) is 5.75 Å². The van der Waals surface area contributed by atoms with Crippen LogP contribution in [0.25, 0.3) is 6.08 Å². The van der Waals surface area contributed by atoms with Gasteiger partial charge in [-0.15, -0.1) is 0 Å². The highest BCUT2D eigenvalue weighted by Crippen LogP contribution is 2.58. The summed E-state index contributed by atoms with van der Waals surface area (Å²) in [6.45, 7) is 5.01. The largest absolute Gasteiger partial charge is 0.508 e. The molecule has 3 saturated heterocycles. The minimum Gasteiger partial charge on any atom is -0.508 e. The van der Waals surface area contributed by atoms with Crippen LogP contribution in [0.4, 0.5) is 0 Å². The molecular formula is C46H53N3O11. The van der Waals surface area contributed by atoms with Gasteiger partial charge in [0.1, 0.15) is 41.2 Å². The topological polar surface area (TPSA) is 182 Å². The monoisotopic (exact) mass is 823 g/mol. The molecule has 3 heterocycles. The van der Waals surface area contributed by atoms with Gasteiger partial charge in [-0.1, -0.05) is 78.9 Å². The summed E-state index contributed by atoms with van der Waals surface area (Å²) in [5.41, 5.74) is 2.66. The van der Waals surface area contributed by atoms with Gasteiger partial charge in [-0.3, -0.25) is 24.0 Å². The number of carbonyl (C=O) groups is 4. The second-order valence-electron chi connectivity index (χ2n) is 17.5. The van der Waals surface area contributed by atoms with E-state index in [4.69, 9.17) is 23.8 Å². The molecule has 2 bridgehead atoms. The fourth-order valence-electron chi connectivity index (χ4n) is 9.39. The van der Waals surface area contributed by atoms with Gasteiger partial charge in [0, 0.05) is 38.6 Å². The summed E-state index contributed by atoms with van der Waals surface area (Å²) in [7, 11) is 0. The number of para-hydroxylation sites is 1. The van der Waals surface area contributed by atoms with E-state index in [1.165, 1.54) is 5.06 Å². The summed E-state index contributed by atoms with van der Waals surface area (Å²) >= 11 is 0. The molecule has 4 fully saturated rings. The first kappa shape index (κ1) is 41.6. The lowest BCUT2D eigenvalue weighted by Gasteiger charge is -2.48. The summed E-state index contributed by atoms with van der Waals surface area (Å²) in [4.78, 5) is 60.9. The zero-order chi connectivity index (χ0) is 42.2. The van der Waals surface area contributed by atoms with E-state index in [1.807, 2.05) is 72.8 Å². The van der Waals surface area contributed by atoms with Crippen LogP contribution in [0.2, 0.25) is 0 Å². The summed E-state index contributed by atoms with van der Waals surface area (Å²) in [6.07, 6.45) is 2.57. The van der Waals surface area contributed by atoms with Crippen molar-refractivity contribution in [2.45, 2.75) is 120 Å². The number of hydrogen-bond acceptors (Lipinski definition) is 12. The van der Waals surface area contributed by atoms with Crippen LogP contribution < -0.4 is 10.6 Å². The van der Waals surface area contributed by atoms with Crippen LogP contribution in [0.1, 0.15) is 74.3 Å². The predicted molar refractivity (Wildman–Crippen MR) is 216 cm³/mol. The second kappa shape index (κ2) is 16.7. The summed E-state index contributed by atoms with van der Waals surface area (Å²) in [5.74, 6) is -2.70. The van der Waals surface area contributed by atoms with Crippen LogP contribution in [0.3, 0.4) is 0 Å². The molecule has 3 aromatic rings. The van der Waals surface area contributed by atoms with Crippen LogP contribution in [0, 0.1) is 5.41 Å². The lowest BCUT2D eigenvalue weighted by Crippen LogP contribution is -2.69. The molecule has 1 saturated carbocycles. The average molecular weight is 824 g/mol. The van der Waals surface area contributed by atoms with Crippen molar-refractivity contribution in [2.24, 2.45) is 5.41 Å². The van der Waals surface area contributed by atoms with E-state index in [9.17, 15) is 29.4 Å². The van der Waals surface area contributed by atoms with Crippen LogP contribution in [0.15, 0.2) is 78.9 Å². The Bertz CT molecular complexity index is 2130.